The van der Waals surface area contributed by atoms with E-state index < -0.39 is 19.4 Å². The molecule has 0 aromatic carbocycles. The summed E-state index contributed by atoms with van der Waals surface area (Å²) in [4.78, 5) is 24.6. The third kappa shape index (κ3) is 5.82. The van der Waals surface area contributed by atoms with Crippen LogP contribution in [0.15, 0.2) is 0 Å². The molecule has 0 spiro atoms. The van der Waals surface area contributed by atoms with Gasteiger partial charge >= 0.3 is 0 Å². The summed E-state index contributed by atoms with van der Waals surface area (Å²) in [7, 11) is 0. The molecule has 1 fully saturated rings. The number of halogens is 6. The second-order valence-corrected chi connectivity index (χ2v) is 9.00. The van der Waals surface area contributed by atoms with E-state index in [9.17, 15) is 9.59 Å². The highest BCUT2D eigenvalue weighted by Gasteiger charge is 2.37. The Morgan fingerprint density at radius 2 is 1.50 bits per heavy atom. The van der Waals surface area contributed by atoms with Gasteiger partial charge in [0.05, 0.1) is 0 Å². The second kappa shape index (κ2) is 7.30. The number of alkyl halides is 6. The molecule has 0 radical (unpaired) electrons. The van der Waals surface area contributed by atoms with Gasteiger partial charge in [0.1, 0.15) is 0 Å². The van der Waals surface area contributed by atoms with Crippen LogP contribution in [0.1, 0.15) is 12.8 Å². The van der Waals surface area contributed by atoms with Crippen molar-refractivity contribution in [3.8, 4) is 0 Å². The molecule has 0 saturated carbocycles. The number of carbonyl (C=O) groups excluding carboxylic acids is 2. The molecule has 1 aliphatic heterocycles. The van der Waals surface area contributed by atoms with Gasteiger partial charge in [0, 0.05) is 19.6 Å². The molecule has 1 heterocycles. The molecule has 0 atom stereocenters. The first-order valence-corrected chi connectivity index (χ1v) is 7.99. The monoisotopic (exact) mass is 402 g/mol. The summed E-state index contributed by atoms with van der Waals surface area (Å²) in [6, 6.07) is 0. The molecule has 4 nitrogen and oxygen atoms in total. The standard InChI is InChI=1S/C10H12Cl6N2O2/c11-9(12,13)7(19)17-5-6-1-3-18(4-2-6)8(20)10(14,15)16/h6H,1-5H2,(H,17,19). The van der Waals surface area contributed by atoms with E-state index in [-0.39, 0.29) is 5.92 Å². The van der Waals surface area contributed by atoms with Crippen molar-refractivity contribution in [1.82, 2.24) is 10.2 Å². The quantitative estimate of drug-likeness (QED) is 0.719. The molecular weight excluding hydrogens is 393 g/mol. The Labute approximate surface area is 146 Å². The van der Waals surface area contributed by atoms with Crippen LogP contribution in [0.3, 0.4) is 0 Å². The van der Waals surface area contributed by atoms with Gasteiger partial charge in [-0.15, -0.1) is 0 Å². The van der Waals surface area contributed by atoms with E-state index in [1.54, 1.807) is 0 Å². The molecule has 1 rings (SSSR count). The Balaban J connectivity index is 2.37. The largest absolute Gasteiger partial charge is 0.352 e. The van der Waals surface area contributed by atoms with Gasteiger partial charge in [-0.3, -0.25) is 9.59 Å². The summed E-state index contributed by atoms with van der Waals surface area (Å²) < 4.78 is -3.90. The molecule has 0 aromatic heterocycles. The molecule has 20 heavy (non-hydrogen) atoms. The first-order valence-electron chi connectivity index (χ1n) is 5.73. The van der Waals surface area contributed by atoms with Crippen molar-refractivity contribution < 1.29 is 9.59 Å². The van der Waals surface area contributed by atoms with E-state index in [2.05, 4.69) is 5.32 Å². The van der Waals surface area contributed by atoms with Gasteiger partial charge in [-0.2, -0.15) is 0 Å². The zero-order chi connectivity index (χ0) is 15.6. The summed E-state index contributed by atoms with van der Waals surface area (Å²) in [5.41, 5.74) is 0. The predicted molar refractivity (Wildman–Crippen MR) is 82.9 cm³/mol. The van der Waals surface area contributed by atoms with E-state index in [4.69, 9.17) is 69.6 Å². The number of nitrogens with one attached hydrogen (secondary N) is 1. The van der Waals surface area contributed by atoms with Crippen molar-refractivity contribution in [1.29, 1.82) is 0 Å². The number of amides is 2. The van der Waals surface area contributed by atoms with Crippen molar-refractivity contribution >= 4 is 81.4 Å². The first kappa shape index (κ1) is 18.7. The van der Waals surface area contributed by atoms with Gasteiger partial charge in [-0.1, -0.05) is 69.6 Å². The maximum Gasteiger partial charge on any atom is 0.274 e. The highest BCUT2D eigenvalue weighted by atomic mass is 35.6. The van der Waals surface area contributed by atoms with Crippen LogP contribution in [-0.2, 0) is 9.59 Å². The number of carbonyl (C=O) groups is 2. The molecule has 1 aliphatic rings. The second-order valence-electron chi connectivity index (χ2n) is 4.44. The van der Waals surface area contributed by atoms with Crippen LogP contribution < -0.4 is 5.32 Å². The van der Waals surface area contributed by atoms with Gasteiger partial charge < -0.3 is 10.2 Å². The fourth-order valence-electron chi connectivity index (χ4n) is 1.86. The zero-order valence-electron chi connectivity index (χ0n) is 10.1. The lowest BCUT2D eigenvalue weighted by Gasteiger charge is -2.33. The molecule has 1 N–H and O–H groups in total. The molecule has 2 amide bonds. The minimum Gasteiger partial charge on any atom is -0.352 e. The SMILES string of the molecule is O=C(NCC1CCN(C(=O)C(Cl)(Cl)Cl)CC1)C(Cl)(Cl)Cl. The molecule has 1 saturated heterocycles. The molecule has 10 heteroatoms. The Morgan fingerprint density at radius 3 is 1.90 bits per heavy atom. The molecule has 116 valence electrons. The lowest BCUT2D eigenvalue weighted by atomic mass is 9.97. The molecule has 0 aliphatic carbocycles. The average molecular weight is 405 g/mol. The fraction of sp³-hybridized carbons (Fsp3) is 0.800. The first-order chi connectivity index (χ1) is 9.01. The summed E-state index contributed by atoms with van der Waals surface area (Å²) in [5, 5.41) is 2.55. The maximum atomic E-state index is 11.7. The van der Waals surface area contributed by atoms with E-state index in [0.717, 1.165) is 0 Å². The summed E-state index contributed by atoms with van der Waals surface area (Å²) >= 11 is 32.9. The molecule has 0 aromatic rings. The van der Waals surface area contributed by atoms with Crippen molar-refractivity contribution in [2.75, 3.05) is 19.6 Å². The van der Waals surface area contributed by atoms with E-state index in [1.807, 2.05) is 0 Å². The summed E-state index contributed by atoms with van der Waals surface area (Å²) in [6.45, 7) is 1.30. The number of likely N-dealkylation sites (tertiary alicyclic amines) is 1. The van der Waals surface area contributed by atoms with Crippen LogP contribution in [0.5, 0.6) is 0 Å². The Hall–Kier alpha value is 0.680. The Kier molecular flexibility index (Phi) is 6.83. The van der Waals surface area contributed by atoms with E-state index >= 15 is 0 Å². The lowest BCUT2D eigenvalue weighted by molar-refractivity contribution is -0.131. The van der Waals surface area contributed by atoms with Crippen LogP contribution >= 0.6 is 69.6 Å². The number of rotatable bonds is 2. The van der Waals surface area contributed by atoms with Crippen molar-refractivity contribution in [2.24, 2.45) is 5.92 Å². The number of hydrogen-bond acceptors (Lipinski definition) is 2. The van der Waals surface area contributed by atoms with Crippen LogP contribution in [0.2, 0.25) is 0 Å². The van der Waals surface area contributed by atoms with Crippen LogP contribution in [0.4, 0.5) is 0 Å². The summed E-state index contributed by atoms with van der Waals surface area (Å²) in [5.74, 6) is -1.01. The topological polar surface area (TPSA) is 49.4 Å². The van der Waals surface area contributed by atoms with Gasteiger partial charge in [0.2, 0.25) is 0 Å². The lowest BCUT2D eigenvalue weighted by Crippen LogP contribution is -2.46. The predicted octanol–water partition coefficient (Wildman–Crippen LogP) is 3.08. The smallest absolute Gasteiger partial charge is 0.274 e. The minimum absolute atomic E-state index is 0.186. The highest BCUT2D eigenvalue weighted by Crippen LogP contribution is 2.30. The van der Waals surface area contributed by atoms with Gasteiger partial charge in [-0.05, 0) is 18.8 Å². The zero-order valence-corrected chi connectivity index (χ0v) is 14.7. The fourth-order valence-corrected chi connectivity index (χ4v) is 2.42. The van der Waals surface area contributed by atoms with Gasteiger partial charge in [0.25, 0.3) is 19.4 Å². The van der Waals surface area contributed by atoms with Crippen LogP contribution in [-0.4, -0.2) is 43.9 Å². The molecular formula is C10H12Cl6N2O2. The minimum atomic E-state index is -1.97. The van der Waals surface area contributed by atoms with Gasteiger partial charge in [-0.25, -0.2) is 0 Å². The normalized spacial score (nSPS) is 18.0. The number of hydrogen-bond donors (Lipinski definition) is 1. The number of nitrogens with zero attached hydrogens (tertiary/aromatic N) is 1. The van der Waals surface area contributed by atoms with Crippen molar-refractivity contribution in [3.05, 3.63) is 0 Å². The van der Waals surface area contributed by atoms with Crippen LogP contribution in [0.25, 0.3) is 0 Å². The highest BCUT2D eigenvalue weighted by molar-refractivity contribution is 6.76. The van der Waals surface area contributed by atoms with E-state index in [0.29, 0.717) is 32.5 Å². The van der Waals surface area contributed by atoms with E-state index in [1.165, 1.54) is 4.90 Å². The third-order valence-corrected chi connectivity index (χ3v) is 3.95. The van der Waals surface area contributed by atoms with Crippen molar-refractivity contribution in [2.45, 2.75) is 20.4 Å². The third-order valence-electron chi connectivity index (χ3n) is 2.95. The Morgan fingerprint density at radius 1 is 1.00 bits per heavy atom. The maximum absolute atomic E-state index is 11.7. The molecule has 0 bridgehead atoms. The van der Waals surface area contributed by atoms with Crippen LogP contribution in [0, 0.1) is 5.92 Å². The average Bonchev–Trinajstić information content (AvgIpc) is 2.33. The van der Waals surface area contributed by atoms with Crippen molar-refractivity contribution in [3.63, 3.8) is 0 Å². The van der Waals surface area contributed by atoms with Gasteiger partial charge in [0.15, 0.2) is 0 Å². The summed E-state index contributed by atoms with van der Waals surface area (Å²) in [6.07, 6.45) is 1.35. The Bertz CT molecular complexity index is 371. The number of piperidine rings is 1. The molecule has 0 unspecified atom stereocenters.